The molecule has 94 valence electrons. The van der Waals surface area contributed by atoms with Crippen LogP contribution >= 0.6 is 11.8 Å². The Morgan fingerprint density at radius 3 is 3.29 bits per heavy atom. The van der Waals surface area contributed by atoms with Crippen LogP contribution < -0.4 is 5.32 Å². The summed E-state index contributed by atoms with van der Waals surface area (Å²) in [4.78, 5) is 11.4. The fourth-order valence-electron chi connectivity index (χ4n) is 1.90. The van der Waals surface area contributed by atoms with Crippen LogP contribution in [0.4, 0.5) is 0 Å². The van der Waals surface area contributed by atoms with Gasteiger partial charge < -0.3 is 14.5 Å². The molecule has 1 aliphatic heterocycles. The van der Waals surface area contributed by atoms with E-state index in [9.17, 15) is 4.79 Å². The molecule has 1 saturated heterocycles. The Balaban J connectivity index is 1.89. The molecule has 0 saturated carbocycles. The lowest BCUT2D eigenvalue weighted by Crippen LogP contribution is -2.33. The molecule has 2 heterocycles. The molecular formula is C12H17NO3S. The van der Waals surface area contributed by atoms with Crippen molar-refractivity contribution in [1.82, 2.24) is 5.32 Å². The van der Waals surface area contributed by atoms with E-state index >= 15 is 0 Å². The number of rotatable bonds is 4. The molecule has 0 aromatic carbocycles. The zero-order chi connectivity index (χ0) is 12.1. The van der Waals surface area contributed by atoms with E-state index in [1.807, 2.05) is 17.8 Å². The molecular weight excluding hydrogens is 238 g/mol. The van der Waals surface area contributed by atoms with Gasteiger partial charge in [0.05, 0.1) is 13.4 Å². The number of carbonyl (C=O) groups excluding carboxylic acids is 1. The first-order chi connectivity index (χ1) is 8.31. The third-order valence-electron chi connectivity index (χ3n) is 2.86. The van der Waals surface area contributed by atoms with Gasteiger partial charge in [0.15, 0.2) is 0 Å². The highest BCUT2D eigenvalue weighted by atomic mass is 32.2. The van der Waals surface area contributed by atoms with Crippen LogP contribution in [0.3, 0.4) is 0 Å². The molecule has 1 fully saturated rings. The first-order valence-corrected chi connectivity index (χ1v) is 6.92. The van der Waals surface area contributed by atoms with Crippen LogP contribution in [-0.4, -0.2) is 30.6 Å². The molecule has 1 aromatic rings. The van der Waals surface area contributed by atoms with Crippen molar-refractivity contribution in [3.8, 4) is 0 Å². The van der Waals surface area contributed by atoms with E-state index in [4.69, 9.17) is 4.42 Å². The van der Waals surface area contributed by atoms with Crippen molar-refractivity contribution in [2.75, 3.05) is 18.6 Å². The van der Waals surface area contributed by atoms with Crippen LogP contribution in [-0.2, 0) is 11.3 Å². The van der Waals surface area contributed by atoms with Gasteiger partial charge in [-0.3, -0.25) is 0 Å². The summed E-state index contributed by atoms with van der Waals surface area (Å²) in [6, 6.07) is 2.35. The van der Waals surface area contributed by atoms with Crippen LogP contribution in [0, 0.1) is 0 Å². The molecule has 17 heavy (non-hydrogen) atoms. The minimum absolute atomic E-state index is 0.309. The van der Waals surface area contributed by atoms with Gasteiger partial charge in [0.2, 0.25) is 5.76 Å². The summed E-state index contributed by atoms with van der Waals surface area (Å²) in [7, 11) is 1.36. The Labute approximate surface area is 105 Å². The van der Waals surface area contributed by atoms with Gasteiger partial charge in [-0.1, -0.05) is 0 Å². The SMILES string of the molecule is COC(=O)c1occc1CNC1CCCSC1. The van der Waals surface area contributed by atoms with E-state index in [1.54, 1.807) is 0 Å². The van der Waals surface area contributed by atoms with Crippen molar-refractivity contribution in [3.63, 3.8) is 0 Å². The minimum Gasteiger partial charge on any atom is -0.463 e. The molecule has 1 N–H and O–H groups in total. The quantitative estimate of drug-likeness (QED) is 0.834. The number of furan rings is 1. The number of hydrogen-bond donors (Lipinski definition) is 1. The number of ether oxygens (including phenoxy) is 1. The van der Waals surface area contributed by atoms with Gasteiger partial charge in [0, 0.05) is 23.9 Å². The summed E-state index contributed by atoms with van der Waals surface area (Å²) >= 11 is 1.98. The van der Waals surface area contributed by atoms with E-state index in [-0.39, 0.29) is 0 Å². The normalized spacial score (nSPS) is 20.2. The zero-order valence-electron chi connectivity index (χ0n) is 9.90. The first kappa shape index (κ1) is 12.5. The highest BCUT2D eigenvalue weighted by Gasteiger charge is 2.18. The Kier molecular flexibility index (Phi) is 4.50. The van der Waals surface area contributed by atoms with Gasteiger partial charge in [-0.05, 0) is 24.7 Å². The summed E-state index contributed by atoms with van der Waals surface area (Å²) in [6.07, 6.45) is 3.99. The summed E-state index contributed by atoms with van der Waals surface area (Å²) in [5, 5.41) is 3.45. The number of carbonyl (C=O) groups is 1. The third-order valence-corrected chi connectivity index (χ3v) is 4.07. The number of hydrogen-bond acceptors (Lipinski definition) is 5. The predicted octanol–water partition coefficient (Wildman–Crippen LogP) is 2.05. The highest BCUT2D eigenvalue weighted by Crippen LogP contribution is 2.18. The second kappa shape index (κ2) is 6.12. The highest BCUT2D eigenvalue weighted by molar-refractivity contribution is 7.99. The Hall–Kier alpha value is -0.940. The number of nitrogens with one attached hydrogen (secondary N) is 1. The van der Waals surface area contributed by atoms with E-state index in [0.29, 0.717) is 18.3 Å². The van der Waals surface area contributed by atoms with Crippen molar-refractivity contribution >= 4 is 17.7 Å². The summed E-state index contributed by atoms with van der Waals surface area (Å²) in [5.41, 5.74) is 0.868. The fraction of sp³-hybridized carbons (Fsp3) is 0.583. The Morgan fingerprint density at radius 1 is 1.71 bits per heavy atom. The van der Waals surface area contributed by atoms with Crippen LogP contribution in [0.15, 0.2) is 16.7 Å². The molecule has 1 atom stereocenters. The van der Waals surface area contributed by atoms with E-state index in [2.05, 4.69) is 10.1 Å². The monoisotopic (exact) mass is 255 g/mol. The average Bonchev–Trinajstić information content (AvgIpc) is 2.85. The maximum Gasteiger partial charge on any atom is 0.374 e. The Morgan fingerprint density at radius 2 is 2.59 bits per heavy atom. The molecule has 4 nitrogen and oxygen atoms in total. The maximum absolute atomic E-state index is 11.4. The predicted molar refractivity (Wildman–Crippen MR) is 67.2 cm³/mol. The van der Waals surface area contributed by atoms with E-state index in [1.165, 1.54) is 32.0 Å². The molecule has 2 rings (SSSR count). The van der Waals surface area contributed by atoms with Crippen LogP contribution in [0.2, 0.25) is 0 Å². The molecule has 0 amide bonds. The summed E-state index contributed by atoms with van der Waals surface area (Å²) in [6.45, 7) is 0.659. The van der Waals surface area contributed by atoms with Crippen LogP contribution in [0.1, 0.15) is 29.0 Å². The van der Waals surface area contributed by atoms with E-state index in [0.717, 1.165) is 11.3 Å². The minimum atomic E-state index is -0.412. The van der Waals surface area contributed by atoms with Crippen molar-refractivity contribution in [1.29, 1.82) is 0 Å². The largest absolute Gasteiger partial charge is 0.463 e. The van der Waals surface area contributed by atoms with Gasteiger partial charge in [-0.15, -0.1) is 0 Å². The van der Waals surface area contributed by atoms with E-state index < -0.39 is 5.97 Å². The number of thioether (sulfide) groups is 1. The van der Waals surface area contributed by atoms with Gasteiger partial charge in [0.1, 0.15) is 0 Å². The van der Waals surface area contributed by atoms with Crippen molar-refractivity contribution < 1.29 is 13.9 Å². The van der Waals surface area contributed by atoms with Crippen LogP contribution in [0.25, 0.3) is 0 Å². The van der Waals surface area contributed by atoms with Crippen LogP contribution in [0.5, 0.6) is 0 Å². The molecule has 1 unspecified atom stereocenters. The molecule has 0 radical (unpaired) electrons. The van der Waals surface area contributed by atoms with Gasteiger partial charge in [-0.2, -0.15) is 11.8 Å². The molecule has 0 bridgehead atoms. The second-order valence-electron chi connectivity index (χ2n) is 4.06. The second-order valence-corrected chi connectivity index (χ2v) is 5.21. The lowest BCUT2D eigenvalue weighted by atomic mass is 10.1. The fourth-order valence-corrected chi connectivity index (χ4v) is 3.01. The van der Waals surface area contributed by atoms with Crippen molar-refractivity contribution in [3.05, 3.63) is 23.7 Å². The average molecular weight is 255 g/mol. The lowest BCUT2D eigenvalue weighted by Gasteiger charge is -2.22. The molecule has 5 heteroatoms. The maximum atomic E-state index is 11.4. The van der Waals surface area contributed by atoms with Gasteiger partial charge >= 0.3 is 5.97 Å². The van der Waals surface area contributed by atoms with Gasteiger partial charge in [-0.25, -0.2) is 4.79 Å². The first-order valence-electron chi connectivity index (χ1n) is 5.77. The third kappa shape index (κ3) is 3.26. The molecule has 1 aliphatic rings. The molecule has 0 spiro atoms. The smallest absolute Gasteiger partial charge is 0.374 e. The number of esters is 1. The molecule has 0 aliphatic carbocycles. The number of methoxy groups -OCH3 is 1. The standard InChI is InChI=1S/C12H17NO3S/c1-15-12(14)11-9(4-5-16-11)7-13-10-3-2-6-17-8-10/h4-5,10,13H,2-3,6-8H2,1H3. The van der Waals surface area contributed by atoms with Gasteiger partial charge in [0.25, 0.3) is 0 Å². The zero-order valence-corrected chi connectivity index (χ0v) is 10.7. The van der Waals surface area contributed by atoms with Crippen molar-refractivity contribution in [2.45, 2.75) is 25.4 Å². The molecule has 1 aromatic heterocycles. The topological polar surface area (TPSA) is 51.5 Å². The van der Waals surface area contributed by atoms with Crippen molar-refractivity contribution in [2.24, 2.45) is 0 Å². The lowest BCUT2D eigenvalue weighted by molar-refractivity contribution is 0.0563. The Bertz CT molecular complexity index is 372. The summed E-state index contributed by atoms with van der Waals surface area (Å²) < 4.78 is 9.80. The summed E-state index contributed by atoms with van der Waals surface area (Å²) in [5.74, 6) is 2.30.